The first-order valence-corrected chi connectivity index (χ1v) is 5.31. The van der Waals surface area contributed by atoms with Crippen molar-refractivity contribution in [3.05, 3.63) is 33.1 Å². The predicted octanol–water partition coefficient (Wildman–Crippen LogP) is 1.53. The number of carbonyl (C=O) groups excluding carboxylic acids is 1. The molecule has 0 aliphatic heterocycles. The van der Waals surface area contributed by atoms with Crippen molar-refractivity contribution in [1.82, 2.24) is 10.3 Å². The van der Waals surface area contributed by atoms with Gasteiger partial charge in [-0.3, -0.25) is 14.9 Å². The number of pyridine rings is 1. The number of nitriles is 1. The molecule has 0 radical (unpaired) electrons. The van der Waals surface area contributed by atoms with E-state index < -0.39 is 16.5 Å². The van der Waals surface area contributed by atoms with Crippen LogP contribution in [0, 0.1) is 27.4 Å². The summed E-state index contributed by atoms with van der Waals surface area (Å²) in [6, 6.07) is 3.05. The molecule has 0 aliphatic rings. The second kappa shape index (κ2) is 5.93. The lowest BCUT2D eigenvalue weighted by Gasteiger charge is -2.06. The maximum Gasteiger partial charge on any atom is 0.300 e. The summed E-state index contributed by atoms with van der Waals surface area (Å²) in [6.07, 6.45) is 0.922. The molecule has 1 aromatic heterocycles. The Morgan fingerprint density at radius 1 is 1.78 bits per heavy atom. The molecule has 0 saturated carbocycles. The Balaban J connectivity index is 2.94. The SMILES string of the molecule is CC(C#N)CNC(=O)c1cc(Cl)ncc1[N+](=O)[O-]. The van der Waals surface area contributed by atoms with Crippen LogP contribution < -0.4 is 5.32 Å². The van der Waals surface area contributed by atoms with Crippen LogP contribution in [0.4, 0.5) is 5.69 Å². The third-order valence-corrected chi connectivity index (χ3v) is 2.29. The molecule has 1 rings (SSSR count). The minimum absolute atomic E-state index is 0.0147. The van der Waals surface area contributed by atoms with E-state index in [1.807, 2.05) is 6.07 Å². The molecule has 1 heterocycles. The smallest absolute Gasteiger partial charge is 0.300 e. The van der Waals surface area contributed by atoms with Gasteiger partial charge in [-0.25, -0.2) is 4.98 Å². The molecule has 1 atom stereocenters. The van der Waals surface area contributed by atoms with Crippen molar-refractivity contribution in [1.29, 1.82) is 5.26 Å². The lowest BCUT2D eigenvalue weighted by Crippen LogP contribution is -2.28. The first-order valence-electron chi connectivity index (χ1n) is 4.93. The van der Waals surface area contributed by atoms with Crippen molar-refractivity contribution in [3.63, 3.8) is 0 Å². The van der Waals surface area contributed by atoms with E-state index in [2.05, 4.69) is 10.3 Å². The zero-order valence-corrected chi connectivity index (χ0v) is 10.1. The van der Waals surface area contributed by atoms with Gasteiger partial charge in [-0.2, -0.15) is 5.26 Å². The van der Waals surface area contributed by atoms with Crippen molar-refractivity contribution in [2.75, 3.05) is 6.54 Å². The number of hydrogen-bond acceptors (Lipinski definition) is 5. The fourth-order valence-corrected chi connectivity index (χ4v) is 1.29. The zero-order chi connectivity index (χ0) is 13.7. The fraction of sp³-hybridized carbons (Fsp3) is 0.300. The number of nitro groups is 1. The molecule has 1 amide bonds. The number of hydrogen-bond donors (Lipinski definition) is 1. The lowest BCUT2D eigenvalue weighted by atomic mass is 10.2. The first-order chi connectivity index (χ1) is 8.45. The molecule has 0 fully saturated rings. The third-order valence-electron chi connectivity index (χ3n) is 2.08. The van der Waals surface area contributed by atoms with E-state index in [9.17, 15) is 14.9 Å². The quantitative estimate of drug-likeness (QED) is 0.506. The van der Waals surface area contributed by atoms with E-state index >= 15 is 0 Å². The number of carbonyl (C=O) groups is 1. The van der Waals surface area contributed by atoms with Gasteiger partial charge in [-0.05, 0) is 13.0 Å². The van der Waals surface area contributed by atoms with Crippen molar-refractivity contribution >= 4 is 23.2 Å². The third kappa shape index (κ3) is 3.40. The minimum Gasteiger partial charge on any atom is -0.351 e. The number of amides is 1. The standard InChI is InChI=1S/C10H9ClN4O3/c1-6(3-12)4-14-10(16)7-2-9(11)13-5-8(7)15(17)18/h2,5-6H,4H2,1H3,(H,14,16). The van der Waals surface area contributed by atoms with Gasteiger partial charge in [0.1, 0.15) is 16.9 Å². The molecule has 0 spiro atoms. The second-order valence-corrected chi connectivity index (χ2v) is 3.91. The highest BCUT2D eigenvalue weighted by Gasteiger charge is 2.21. The van der Waals surface area contributed by atoms with E-state index in [-0.39, 0.29) is 23.2 Å². The zero-order valence-electron chi connectivity index (χ0n) is 9.38. The van der Waals surface area contributed by atoms with E-state index in [0.29, 0.717) is 0 Å². The van der Waals surface area contributed by atoms with Crippen LogP contribution in [0.5, 0.6) is 0 Å². The molecular weight excluding hydrogens is 260 g/mol. The van der Waals surface area contributed by atoms with Gasteiger partial charge in [0.2, 0.25) is 0 Å². The van der Waals surface area contributed by atoms with Gasteiger partial charge in [0.05, 0.1) is 16.9 Å². The highest BCUT2D eigenvalue weighted by atomic mass is 35.5. The van der Waals surface area contributed by atoms with Crippen molar-refractivity contribution in [2.24, 2.45) is 5.92 Å². The van der Waals surface area contributed by atoms with Gasteiger partial charge in [0.25, 0.3) is 11.6 Å². The second-order valence-electron chi connectivity index (χ2n) is 3.52. The number of nitrogens with one attached hydrogen (secondary N) is 1. The fourth-order valence-electron chi connectivity index (χ4n) is 1.14. The Kier molecular flexibility index (Phi) is 4.57. The Morgan fingerprint density at radius 2 is 2.44 bits per heavy atom. The summed E-state index contributed by atoms with van der Waals surface area (Å²) in [7, 11) is 0. The Labute approximate surface area is 108 Å². The van der Waals surface area contributed by atoms with Gasteiger partial charge >= 0.3 is 0 Å². The van der Waals surface area contributed by atoms with Crippen LogP contribution in [0.2, 0.25) is 5.15 Å². The van der Waals surface area contributed by atoms with E-state index in [1.54, 1.807) is 6.92 Å². The molecule has 1 aromatic rings. The van der Waals surface area contributed by atoms with Crippen molar-refractivity contribution in [3.8, 4) is 6.07 Å². The molecule has 18 heavy (non-hydrogen) atoms. The van der Waals surface area contributed by atoms with Crippen LogP contribution in [0.25, 0.3) is 0 Å². The lowest BCUT2D eigenvalue weighted by molar-refractivity contribution is -0.385. The summed E-state index contributed by atoms with van der Waals surface area (Å²) in [5.41, 5.74) is -0.605. The molecule has 0 bridgehead atoms. The van der Waals surface area contributed by atoms with E-state index in [4.69, 9.17) is 16.9 Å². The van der Waals surface area contributed by atoms with Crippen LogP contribution >= 0.6 is 11.6 Å². The molecular formula is C10H9ClN4O3. The van der Waals surface area contributed by atoms with Crippen LogP contribution in [-0.2, 0) is 0 Å². The molecule has 0 aliphatic carbocycles. The summed E-state index contributed by atoms with van der Waals surface area (Å²) in [5, 5.41) is 21.7. The molecule has 94 valence electrons. The summed E-state index contributed by atoms with van der Waals surface area (Å²) in [4.78, 5) is 25.3. The highest BCUT2D eigenvalue weighted by molar-refractivity contribution is 6.29. The normalized spacial score (nSPS) is 11.4. The topological polar surface area (TPSA) is 109 Å². The molecule has 7 nitrogen and oxygen atoms in total. The first kappa shape index (κ1) is 13.9. The van der Waals surface area contributed by atoms with Gasteiger partial charge in [0, 0.05) is 6.54 Å². The van der Waals surface area contributed by atoms with Crippen LogP contribution in [0.1, 0.15) is 17.3 Å². The molecule has 0 aromatic carbocycles. The van der Waals surface area contributed by atoms with Gasteiger partial charge in [-0.15, -0.1) is 0 Å². The van der Waals surface area contributed by atoms with E-state index in [0.717, 1.165) is 12.3 Å². The number of halogens is 1. The monoisotopic (exact) mass is 268 g/mol. The minimum atomic E-state index is -0.716. The molecule has 0 saturated heterocycles. The Bertz CT molecular complexity index is 526. The number of nitrogens with zero attached hydrogens (tertiary/aromatic N) is 3. The van der Waals surface area contributed by atoms with Gasteiger partial charge in [-0.1, -0.05) is 11.6 Å². The average molecular weight is 269 g/mol. The van der Waals surface area contributed by atoms with Crippen LogP contribution in [0.3, 0.4) is 0 Å². The van der Waals surface area contributed by atoms with Crippen molar-refractivity contribution in [2.45, 2.75) is 6.92 Å². The number of aromatic nitrogens is 1. The van der Waals surface area contributed by atoms with Crippen LogP contribution in [0.15, 0.2) is 12.3 Å². The molecule has 8 heteroatoms. The van der Waals surface area contributed by atoms with Gasteiger partial charge < -0.3 is 5.32 Å². The molecule has 1 N–H and O–H groups in total. The van der Waals surface area contributed by atoms with Crippen LogP contribution in [-0.4, -0.2) is 22.4 Å². The maximum atomic E-state index is 11.7. The van der Waals surface area contributed by atoms with Crippen molar-refractivity contribution < 1.29 is 9.72 Å². The number of rotatable bonds is 4. The van der Waals surface area contributed by atoms with Gasteiger partial charge in [0.15, 0.2) is 0 Å². The summed E-state index contributed by atoms with van der Waals surface area (Å²) >= 11 is 5.59. The average Bonchev–Trinajstić information content (AvgIpc) is 2.34. The Morgan fingerprint density at radius 3 is 3.00 bits per heavy atom. The Hall–Kier alpha value is -2.20. The summed E-state index contributed by atoms with van der Waals surface area (Å²) < 4.78 is 0. The summed E-state index contributed by atoms with van der Waals surface area (Å²) in [5.74, 6) is -1.04. The van der Waals surface area contributed by atoms with E-state index in [1.165, 1.54) is 0 Å². The highest BCUT2D eigenvalue weighted by Crippen LogP contribution is 2.20. The summed E-state index contributed by atoms with van der Waals surface area (Å²) in [6.45, 7) is 1.72. The largest absolute Gasteiger partial charge is 0.351 e. The maximum absolute atomic E-state index is 11.7. The predicted molar refractivity (Wildman–Crippen MR) is 63.0 cm³/mol. The molecule has 1 unspecified atom stereocenters.